The summed E-state index contributed by atoms with van der Waals surface area (Å²) in [5, 5.41) is 3.45. The van der Waals surface area contributed by atoms with E-state index in [-0.39, 0.29) is 0 Å². The Morgan fingerprint density at radius 1 is 0.679 bits per heavy atom. The van der Waals surface area contributed by atoms with E-state index in [1.165, 1.54) is 5.56 Å². The van der Waals surface area contributed by atoms with Crippen molar-refractivity contribution in [3.05, 3.63) is 83.9 Å². The van der Waals surface area contributed by atoms with Gasteiger partial charge in [0.05, 0.1) is 14.2 Å². The molecule has 3 aromatic carbocycles. The molecule has 1 N–H and O–H groups in total. The number of nitrogens with one attached hydrogen (secondary N) is 1. The van der Waals surface area contributed by atoms with Gasteiger partial charge in [-0.05, 0) is 60.5 Å². The second kappa shape index (κ2) is 10.2. The average Bonchev–Trinajstić information content (AvgIpc) is 2.76. The highest BCUT2D eigenvalue weighted by molar-refractivity contribution is 5.43. The zero-order valence-corrected chi connectivity index (χ0v) is 16.2. The van der Waals surface area contributed by atoms with Gasteiger partial charge in [-0.25, -0.2) is 0 Å². The lowest BCUT2D eigenvalue weighted by Crippen LogP contribution is -2.16. The van der Waals surface area contributed by atoms with Crippen molar-refractivity contribution in [1.29, 1.82) is 0 Å². The van der Waals surface area contributed by atoms with Crippen LogP contribution < -0.4 is 24.6 Å². The van der Waals surface area contributed by atoms with E-state index in [1.807, 2.05) is 60.7 Å². The van der Waals surface area contributed by atoms with Crippen LogP contribution in [-0.2, 0) is 13.0 Å². The maximum atomic E-state index is 5.40. The van der Waals surface area contributed by atoms with Gasteiger partial charge >= 0.3 is 0 Å². The molecule has 0 atom stereocenters. The first-order valence-electron chi connectivity index (χ1n) is 9.18. The maximum absolute atomic E-state index is 5.40. The molecule has 146 valence electrons. The summed E-state index contributed by atoms with van der Waals surface area (Å²) in [6.45, 7) is 1.59. The molecule has 0 aliphatic carbocycles. The van der Waals surface area contributed by atoms with Gasteiger partial charge in [0.25, 0.3) is 0 Å². The molecule has 0 unspecified atom stereocenters. The van der Waals surface area contributed by atoms with Crippen LogP contribution in [0.15, 0.2) is 72.8 Å². The third-order valence-corrected chi connectivity index (χ3v) is 4.24. The van der Waals surface area contributed by atoms with Crippen molar-refractivity contribution in [2.24, 2.45) is 0 Å². The molecule has 0 aromatic heterocycles. The minimum absolute atomic E-state index is 0.668. The third kappa shape index (κ3) is 5.66. The number of benzene rings is 3. The number of rotatable bonds is 10. The first-order chi connectivity index (χ1) is 13.8. The molecule has 0 bridgehead atoms. The number of ether oxygens (including phenoxy) is 2. The molecule has 0 amide bonds. The molecule has 0 radical (unpaired) electrons. The van der Waals surface area contributed by atoms with E-state index < -0.39 is 0 Å². The highest BCUT2D eigenvalue weighted by Gasteiger charge is 2.05. The van der Waals surface area contributed by atoms with E-state index in [1.54, 1.807) is 14.2 Å². The normalized spacial score (nSPS) is 10.4. The van der Waals surface area contributed by atoms with E-state index in [0.29, 0.717) is 11.5 Å². The zero-order valence-electron chi connectivity index (χ0n) is 16.2. The molecule has 0 aliphatic rings. The molecule has 3 rings (SSSR count). The van der Waals surface area contributed by atoms with Gasteiger partial charge in [-0.1, -0.05) is 36.4 Å². The van der Waals surface area contributed by atoms with Crippen LogP contribution in [-0.4, -0.2) is 20.8 Å². The largest absolute Gasteiger partial charge is 0.493 e. The summed E-state index contributed by atoms with van der Waals surface area (Å²) in [7, 11) is 3.29. The zero-order chi connectivity index (χ0) is 19.6. The van der Waals surface area contributed by atoms with Crippen molar-refractivity contribution < 1.29 is 19.2 Å². The lowest BCUT2D eigenvalue weighted by Gasteiger charge is -2.10. The summed E-state index contributed by atoms with van der Waals surface area (Å²) in [6.07, 6.45) is 0.896. The number of para-hydroxylation sites is 1. The lowest BCUT2D eigenvalue weighted by atomic mass is 10.1. The van der Waals surface area contributed by atoms with Crippen LogP contribution in [0.3, 0.4) is 0 Å². The molecule has 3 aromatic rings. The Morgan fingerprint density at radius 3 is 2.21 bits per heavy atom. The van der Waals surface area contributed by atoms with Crippen molar-refractivity contribution in [1.82, 2.24) is 5.32 Å². The molecule has 0 heterocycles. The van der Waals surface area contributed by atoms with Crippen molar-refractivity contribution in [3.63, 3.8) is 0 Å². The van der Waals surface area contributed by atoms with E-state index in [9.17, 15) is 0 Å². The molecule has 28 heavy (non-hydrogen) atoms. The van der Waals surface area contributed by atoms with Gasteiger partial charge in [0.1, 0.15) is 0 Å². The lowest BCUT2D eigenvalue weighted by molar-refractivity contribution is -0.1000. The molecule has 5 heteroatoms. The van der Waals surface area contributed by atoms with Crippen molar-refractivity contribution in [3.8, 4) is 23.0 Å². The summed E-state index contributed by atoms with van der Waals surface area (Å²) < 4.78 is 10.6. The molecule has 0 saturated heterocycles. The van der Waals surface area contributed by atoms with Crippen LogP contribution in [0.2, 0.25) is 0 Å². The fourth-order valence-corrected chi connectivity index (χ4v) is 2.78. The molecule has 0 saturated carbocycles. The topological polar surface area (TPSA) is 49.0 Å². The van der Waals surface area contributed by atoms with Crippen LogP contribution in [0, 0.1) is 0 Å². The van der Waals surface area contributed by atoms with Crippen LogP contribution in [0.25, 0.3) is 0 Å². The Labute approximate surface area is 165 Å². The maximum Gasteiger partial charge on any atom is 0.178 e. The highest BCUT2D eigenvalue weighted by atomic mass is 17.2. The van der Waals surface area contributed by atoms with Crippen LogP contribution >= 0.6 is 0 Å². The molecular formula is C23H25NO4. The van der Waals surface area contributed by atoms with Gasteiger partial charge < -0.3 is 14.8 Å². The van der Waals surface area contributed by atoms with Gasteiger partial charge in [0.2, 0.25) is 0 Å². The predicted molar refractivity (Wildman–Crippen MR) is 109 cm³/mol. The second-order valence-corrected chi connectivity index (χ2v) is 6.24. The standard InChI is InChI=1S/C23H25NO4/c1-25-22-12-11-18(16-23(22)26-2)13-14-24-17-19-7-6-10-21(15-19)28-27-20-8-4-3-5-9-20/h3-12,15-16,24H,13-14,17H2,1-2H3. The van der Waals surface area contributed by atoms with Crippen LogP contribution in [0.4, 0.5) is 0 Å². The predicted octanol–water partition coefficient (Wildman–Crippen LogP) is 4.41. The van der Waals surface area contributed by atoms with Crippen LogP contribution in [0.5, 0.6) is 23.0 Å². The van der Waals surface area contributed by atoms with Crippen LogP contribution in [0.1, 0.15) is 11.1 Å². The van der Waals surface area contributed by atoms with Crippen molar-refractivity contribution in [2.75, 3.05) is 20.8 Å². The average molecular weight is 379 g/mol. The van der Waals surface area contributed by atoms with Crippen molar-refractivity contribution >= 4 is 0 Å². The van der Waals surface area contributed by atoms with Gasteiger partial charge in [-0.15, -0.1) is 0 Å². The summed E-state index contributed by atoms with van der Waals surface area (Å²) >= 11 is 0. The Balaban J connectivity index is 1.46. The fourth-order valence-electron chi connectivity index (χ4n) is 2.78. The highest BCUT2D eigenvalue weighted by Crippen LogP contribution is 2.27. The smallest absolute Gasteiger partial charge is 0.178 e. The Bertz CT molecular complexity index is 867. The summed E-state index contributed by atoms with van der Waals surface area (Å²) in [4.78, 5) is 10.7. The monoisotopic (exact) mass is 379 g/mol. The Hall–Kier alpha value is -3.18. The second-order valence-electron chi connectivity index (χ2n) is 6.24. The molecule has 0 fully saturated rings. The minimum atomic E-state index is 0.668. The Kier molecular flexibility index (Phi) is 7.15. The summed E-state index contributed by atoms with van der Waals surface area (Å²) in [6, 6.07) is 23.3. The Morgan fingerprint density at radius 2 is 1.43 bits per heavy atom. The van der Waals surface area contributed by atoms with E-state index in [2.05, 4.69) is 17.4 Å². The number of methoxy groups -OCH3 is 2. The first-order valence-corrected chi connectivity index (χ1v) is 9.18. The fraction of sp³-hybridized carbons (Fsp3) is 0.217. The molecular weight excluding hydrogens is 354 g/mol. The summed E-state index contributed by atoms with van der Waals surface area (Å²) in [5.41, 5.74) is 2.32. The van der Waals surface area contributed by atoms with E-state index in [0.717, 1.165) is 36.6 Å². The quantitative estimate of drug-likeness (QED) is 0.321. The first kappa shape index (κ1) is 19.6. The molecule has 5 nitrogen and oxygen atoms in total. The summed E-state index contributed by atoms with van der Waals surface area (Å²) in [5.74, 6) is 2.83. The SMILES string of the molecule is COc1ccc(CCNCc2cccc(OOc3ccccc3)c2)cc1OC. The van der Waals surface area contributed by atoms with E-state index >= 15 is 0 Å². The molecule has 0 aliphatic heterocycles. The van der Waals surface area contributed by atoms with Gasteiger partial charge in [-0.2, -0.15) is 0 Å². The van der Waals surface area contributed by atoms with Gasteiger partial charge in [0, 0.05) is 6.54 Å². The van der Waals surface area contributed by atoms with Gasteiger partial charge in [-0.3, -0.25) is 9.78 Å². The van der Waals surface area contributed by atoms with E-state index in [4.69, 9.17) is 19.2 Å². The van der Waals surface area contributed by atoms with Gasteiger partial charge in [0.15, 0.2) is 23.0 Å². The third-order valence-electron chi connectivity index (χ3n) is 4.24. The number of hydrogen-bond acceptors (Lipinski definition) is 5. The number of hydrogen-bond donors (Lipinski definition) is 1. The van der Waals surface area contributed by atoms with Crippen molar-refractivity contribution in [2.45, 2.75) is 13.0 Å². The minimum Gasteiger partial charge on any atom is -0.493 e. The molecule has 0 spiro atoms.